The van der Waals surface area contributed by atoms with Crippen LogP contribution in [0.2, 0.25) is 0 Å². The molecule has 0 spiro atoms. The van der Waals surface area contributed by atoms with Crippen molar-refractivity contribution in [2.24, 2.45) is 5.10 Å². The average Bonchev–Trinajstić information content (AvgIpc) is 3.13. The van der Waals surface area contributed by atoms with Gasteiger partial charge >= 0.3 is 5.97 Å². The fourth-order valence-corrected chi connectivity index (χ4v) is 1.85. The van der Waals surface area contributed by atoms with E-state index in [0.29, 0.717) is 11.7 Å². The van der Waals surface area contributed by atoms with Gasteiger partial charge in [0.2, 0.25) is 11.8 Å². The van der Waals surface area contributed by atoms with E-state index in [0.717, 1.165) is 17.9 Å². The van der Waals surface area contributed by atoms with Gasteiger partial charge in [-0.05, 0) is 12.8 Å². The van der Waals surface area contributed by atoms with Crippen LogP contribution in [-0.4, -0.2) is 37.8 Å². The van der Waals surface area contributed by atoms with Crippen molar-refractivity contribution in [2.45, 2.75) is 38.1 Å². The van der Waals surface area contributed by atoms with E-state index in [4.69, 9.17) is 9.63 Å². The summed E-state index contributed by atoms with van der Waals surface area (Å²) in [6.45, 7) is 0.0231. The molecule has 0 bridgehead atoms. The van der Waals surface area contributed by atoms with Crippen LogP contribution in [0.3, 0.4) is 0 Å². The van der Waals surface area contributed by atoms with Gasteiger partial charge in [0, 0.05) is 18.8 Å². The molecule has 100 valence electrons. The predicted molar refractivity (Wildman–Crippen MR) is 61.1 cm³/mol. The van der Waals surface area contributed by atoms with Gasteiger partial charge in [0.15, 0.2) is 5.82 Å². The van der Waals surface area contributed by atoms with Crippen LogP contribution in [0.25, 0.3) is 0 Å². The molecule has 1 aliphatic carbocycles. The summed E-state index contributed by atoms with van der Waals surface area (Å²) >= 11 is 0. The van der Waals surface area contributed by atoms with E-state index in [1.807, 2.05) is 0 Å². The second-order valence-corrected chi connectivity index (χ2v) is 4.62. The van der Waals surface area contributed by atoms with E-state index in [1.54, 1.807) is 0 Å². The maximum Gasteiger partial charge on any atom is 0.352 e. The quantitative estimate of drug-likeness (QED) is 0.848. The number of carbonyl (C=O) groups excluding carboxylic acids is 1. The highest BCUT2D eigenvalue weighted by Crippen LogP contribution is 2.38. The first-order chi connectivity index (χ1) is 9.13. The summed E-state index contributed by atoms with van der Waals surface area (Å²) in [6.07, 6.45) is 2.41. The summed E-state index contributed by atoms with van der Waals surface area (Å²) in [5, 5.41) is 17.6. The first kappa shape index (κ1) is 11.8. The molecule has 2 heterocycles. The standard InChI is InChI=1S/C11H12N4O4/c16-9-4-3-7(11(17)18)13-15(9)5-8-12-10(14-19-8)6-1-2-6/h6H,1-5H2,(H,17,18). The number of hydrogen-bond acceptors (Lipinski definition) is 6. The molecule has 8 heteroatoms. The molecule has 8 nitrogen and oxygen atoms in total. The molecule has 0 radical (unpaired) electrons. The Labute approximate surface area is 108 Å². The van der Waals surface area contributed by atoms with E-state index in [-0.39, 0.29) is 36.9 Å². The lowest BCUT2D eigenvalue weighted by Crippen LogP contribution is -2.33. The first-order valence-electron chi connectivity index (χ1n) is 6.07. The molecule has 3 rings (SSSR count). The van der Waals surface area contributed by atoms with Crippen molar-refractivity contribution in [3.8, 4) is 0 Å². The molecule has 0 saturated heterocycles. The van der Waals surface area contributed by atoms with Crippen molar-refractivity contribution in [1.82, 2.24) is 15.1 Å². The van der Waals surface area contributed by atoms with E-state index in [9.17, 15) is 9.59 Å². The zero-order valence-corrected chi connectivity index (χ0v) is 10.1. The molecule has 1 N–H and O–H groups in total. The molecule has 1 aliphatic heterocycles. The minimum Gasteiger partial charge on any atom is -0.477 e. The van der Waals surface area contributed by atoms with Gasteiger partial charge in [0.1, 0.15) is 12.3 Å². The summed E-state index contributed by atoms with van der Waals surface area (Å²) in [6, 6.07) is 0. The number of carboxylic acids is 1. The van der Waals surface area contributed by atoms with Gasteiger partial charge in [0.25, 0.3) is 0 Å². The molecule has 0 unspecified atom stereocenters. The second kappa shape index (κ2) is 4.45. The Morgan fingerprint density at radius 2 is 2.21 bits per heavy atom. The number of amides is 1. The van der Waals surface area contributed by atoms with Gasteiger partial charge in [-0.25, -0.2) is 9.80 Å². The highest BCUT2D eigenvalue weighted by atomic mass is 16.5. The van der Waals surface area contributed by atoms with E-state index < -0.39 is 5.97 Å². The smallest absolute Gasteiger partial charge is 0.352 e. The number of carbonyl (C=O) groups is 2. The number of hydrazone groups is 1. The van der Waals surface area contributed by atoms with Gasteiger partial charge in [-0.3, -0.25) is 4.79 Å². The van der Waals surface area contributed by atoms with Crippen LogP contribution < -0.4 is 0 Å². The van der Waals surface area contributed by atoms with E-state index in [2.05, 4.69) is 15.2 Å². The average molecular weight is 264 g/mol. The first-order valence-corrected chi connectivity index (χ1v) is 6.07. The Balaban J connectivity index is 1.74. The maximum atomic E-state index is 11.7. The normalized spacial score (nSPS) is 19.5. The number of nitrogens with zero attached hydrogens (tertiary/aromatic N) is 4. The Hall–Kier alpha value is -2.25. The van der Waals surface area contributed by atoms with E-state index >= 15 is 0 Å². The van der Waals surface area contributed by atoms with Gasteiger partial charge in [0.05, 0.1) is 0 Å². The SMILES string of the molecule is O=C(O)C1=NN(Cc2nc(C3CC3)no2)C(=O)CC1. The van der Waals surface area contributed by atoms with Crippen LogP contribution in [0.4, 0.5) is 0 Å². The Bertz CT molecular complexity index is 561. The fourth-order valence-electron chi connectivity index (χ4n) is 1.85. The lowest BCUT2D eigenvalue weighted by atomic mass is 10.2. The van der Waals surface area contributed by atoms with Crippen LogP contribution in [0.5, 0.6) is 0 Å². The van der Waals surface area contributed by atoms with Crippen LogP contribution in [0.15, 0.2) is 9.62 Å². The lowest BCUT2D eigenvalue weighted by molar-refractivity contribution is -0.133. The highest BCUT2D eigenvalue weighted by Gasteiger charge is 2.30. The minimum atomic E-state index is -1.11. The zero-order chi connectivity index (χ0) is 13.4. The fraction of sp³-hybridized carbons (Fsp3) is 0.545. The van der Waals surface area contributed by atoms with Gasteiger partial charge < -0.3 is 9.63 Å². The summed E-state index contributed by atoms with van der Waals surface area (Å²) < 4.78 is 5.04. The highest BCUT2D eigenvalue weighted by molar-refractivity contribution is 6.36. The molecule has 0 atom stereocenters. The molecule has 2 aliphatic rings. The van der Waals surface area contributed by atoms with Gasteiger partial charge in [-0.2, -0.15) is 10.1 Å². The van der Waals surface area contributed by atoms with Crippen LogP contribution in [-0.2, 0) is 16.1 Å². The van der Waals surface area contributed by atoms with Crippen molar-refractivity contribution in [1.29, 1.82) is 0 Å². The Morgan fingerprint density at radius 3 is 2.89 bits per heavy atom. The summed E-state index contributed by atoms with van der Waals surface area (Å²) in [5.41, 5.74) is -0.0264. The van der Waals surface area contributed by atoms with Gasteiger partial charge in [-0.15, -0.1) is 0 Å². The molecular formula is C11H12N4O4. The molecule has 1 fully saturated rings. The summed E-state index contributed by atoms with van der Waals surface area (Å²) in [5.74, 6) is -0.0435. The zero-order valence-electron chi connectivity index (χ0n) is 10.1. The molecule has 1 amide bonds. The number of hydrogen-bond donors (Lipinski definition) is 1. The molecule has 1 aromatic heterocycles. The molecule has 1 aromatic rings. The van der Waals surface area contributed by atoms with Gasteiger partial charge in [-0.1, -0.05) is 5.16 Å². The minimum absolute atomic E-state index is 0.0231. The molecular weight excluding hydrogens is 252 g/mol. The Kier molecular flexibility index (Phi) is 2.77. The van der Waals surface area contributed by atoms with Crippen LogP contribution in [0, 0.1) is 0 Å². The third-order valence-electron chi connectivity index (χ3n) is 3.06. The number of aromatic nitrogens is 2. The predicted octanol–water partition coefficient (Wildman–Crippen LogP) is 0.510. The van der Waals surface area contributed by atoms with Crippen molar-refractivity contribution < 1.29 is 19.2 Å². The molecule has 19 heavy (non-hydrogen) atoms. The third-order valence-corrected chi connectivity index (χ3v) is 3.06. The topological polar surface area (TPSA) is 109 Å². The second-order valence-electron chi connectivity index (χ2n) is 4.62. The van der Waals surface area contributed by atoms with Crippen molar-refractivity contribution in [3.63, 3.8) is 0 Å². The number of rotatable bonds is 4. The summed E-state index contributed by atoms with van der Waals surface area (Å²) in [4.78, 5) is 26.7. The van der Waals surface area contributed by atoms with Crippen molar-refractivity contribution in [3.05, 3.63) is 11.7 Å². The van der Waals surface area contributed by atoms with Crippen LogP contribution in [0.1, 0.15) is 43.3 Å². The largest absolute Gasteiger partial charge is 0.477 e. The van der Waals surface area contributed by atoms with Crippen molar-refractivity contribution in [2.75, 3.05) is 0 Å². The van der Waals surface area contributed by atoms with Crippen molar-refractivity contribution >= 4 is 17.6 Å². The molecule has 0 aromatic carbocycles. The lowest BCUT2D eigenvalue weighted by Gasteiger charge is -2.20. The van der Waals surface area contributed by atoms with Crippen LogP contribution >= 0.6 is 0 Å². The molecule has 1 saturated carbocycles. The third kappa shape index (κ3) is 2.47. The number of carboxylic acid groups (broad SMARTS) is 1. The Morgan fingerprint density at radius 1 is 1.42 bits per heavy atom. The maximum absolute atomic E-state index is 11.7. The summed E-state index contributed by atoms with van der Waals surface area (Å²) in [7, 11) is 0. The number of aliphatic carboxylic acids is 1. The monoisotopic (exact) mass is 264 g/mol. The van der Waals surface area contributed by atoms with E-state index in [1.165, 1.54) is 0 Å².